The predicted molar refractivity (Wildman–Crippen MR) is 83.7 cm³/mol. The molecular formula is C17H25N3O. The second kappa shape index (κ2) is 5.43. The van der Waals surface area contributed by atoms with Crippen LogP contribution in [0.25, 0.3) is 0 Å². The van der Waals surface area contributed by atoms with Crippen molar-refractivity contribution in [1.82, 2.24) is 10.2 Å². The van der Waals surface area contributed by atoms with Gasteiger partial charge < -0.3 is 11.1 Å². The second-order valence-electron chi connectivity index (χ2n) is 6.34. The zero-order chi connectivity index (χ0) is 14.9. The SMILES string of the molecule is CCCC1(C(N)=O)CC1(c1ccccc1)N1CCNCC1. The minimum Gasteiger partial charge on any atom is -0.369 e. The van der Waals surface area contributed by atoms with Crippen molar-refractivity contribution < 1.29 is 4.79 Å². The number of benzene rings is 1. The lowest BCUT2D eigenvalue weighted by Gasteiger charge is -2.39. The van der Waals surface area contributed by atoms with Crippen molar-refractivity contribution in [3.05, 3.63) is 35.9 Å². The quantitative estimate of drug-likeness (QED) is 0.862. The van der Waals surface area contributed by atoms with Crippen LogP contribution < -0.4 is 11.1 Å². The summed E-state index contributed by atoms with van der Waals surface area (Å²) in [4.78, 5) is 14.8. The molecule has 0 bridgehead atoms. The van der Waals surface area contributed by atoms with Gasteiger partial charge >= 0.3 is 0 Å². The minimum absolute atomic E-state index is 0.133. The Morgan fingerprint density at radius 2 is 1.95 bits per heavy atom. The molecule has 1 saturated heterocycles. The Kier molecular flexibility index (Phi) is 3.76. The number of hydrogen-bond donors (Lipinski definition) is 2. The molecule has 0 aromatic heterocycles. The molecular weight excluding hydrogens is 262 g/mol. The van der Waals surface area contributed by atoms with E-state index in [1.807, 2.05) is 6.07 Å². The maximum Gasteiger partial charge on any atom is 0.225 e. The van der Waals surface area contributed by atoms with Gasteiger partial charge in [-0.05, 0) is 18.4 Å². The topological polar surface area (TPSA) is 58.4 Å². The van der Waals surface area contributed by atoms with E-state index in [4.69, 9.17) is 5.73 Å². The molecule has 4 nitrogen and oxygen atoms in total. The molecule has 0 spiro atoms. The number of nitrogens with two attached hydrogens (primary N) is 1. The van der Waals surface area contributed by atoms with Crippen LogP contribution in [0.15, 0.2) is 30.3 Å². The summed E-state index contributed by atoms with van der Waals surface area (Å²) in [5.41, 5.74) is 6.54. The van der Waals surface area contributed by atoms with Gasteiger partial charge in [-0.2, -0.15) is 0 Å². The van der Waals surface area contributed by atoms with Gasteiger partial charge in [0, 0.05) is 26.2 Å². The molecule has 0 radical (unpaired) electrons. The van der Waals surface area contributed by atoms with Gasteiger partial charge in [0.15, 0.2) is 0 Å². The first kappa shape index (κ1) is 14.5. The van der Waals surface area contributed by atoms with Crippen LogP contribution in [0.5, 0.6) is 0 Å². The van der Waals surface area contributed by atoms with E-state index < -0.39 is 0 Å². The van der Waals surface area contributed by atoms with E-state index in [9.17, 15) is 4.79 Å². The predicted octanol–water partition coefficient (Wildman–Crippen LogP) is 1.46. The lowest BCUT2D eigenvalue weighted by molar-refractivity contribution is -0.125. The van der Waals surface area contributed by atoms with E-state index in [0.717, 1.165) is 45.4 Å². The van der Waals surface area contributed by atoms with Crippen LogP contribution in [0, 0.1) is 5.41 Å². The molecule has 1 saturated carbocycles. The number of hydrogen-bond acceptors (Lipinski definition) is 3. The third-order valence-corrected chi connectivity index (χ3v) is 5.28. The summed E-state index contributed by atoms with van der Waals surface area (Å²) < 4.78 is 0. The Labute approximate surface area is 126 Å². The molecule has 1 heterocycles. The largest absolute Gasteiger partial charge is 0.369 e. The molecule has 3 rings (SSSR count). The summed E-state index contributed by atoms with van der Waals surface area (Å²) >= 11 is 0. The van der Waals surface area contributed by atoms with Crippen molar-refractivity contribution in [2.45, 2.75) is 31.7 Å². The number of nitrogens with one attached hydrogen (secondary N) is 1. The lowest BCUT2D eigenvalue weighted by Crippen LogP contribution is -2.52. The first-order valence-corrected chi connectivity index (χ1v) is 7.98. The molecule has 2 unspecified atom stereocenters. The molecule has 1 aromatic rings. The van der Waals surface area contributed by atoms with Crippen LogP contribution in [0.3, 0.4) is 0 Å². The van der Waals surface area contributed by atoms with Crippen LogP contribution in [-0.2, 0) is 10.3 Å². The zero-order valence-corrected chi connectivity index (χ0v) is 12.8. The Morgan fingerprint density at radius 3 is 2.52 bits per heavy atom. The minimum atomic E-state index is -0.388. The number of carbonyl (C=O) groups is 1. The van der Waals surface area contributed by atoms with Crippen molar-refractivity contribution in [1.29, 1.82) is 0 Å². The number of piperazine rings is 1. The second-order valence-corrected chi connectivity index (χ2v) is 6.34. The fraction of sp³-hybridized carbons (Fsp3) is 0.588. The normalized spacial score (nSPS) is 32.8. The van der Waals surface area contributed by atoms with Crippen molar-refractivity contribution >= 4 is 5.91 Å². The molecule has 114 valence electrons. The van der Waals surface area contributed by atoms with E-state index in [0.29, 0.717) is 0 Å². The van der Waals surface area contributed by atoms with Gasteiger partial charge in [0.1, 0.15) is 0 Å². The summed E-state index contributed by atoms with van der Waals surface area (Å²) in [6.07, 6.45) is 2.73. The van der Waals surface area contributed by atoms with Crippen molar-refractivity contribution in [2.24, 2.45) is 11.1 Å². The van der Waals surface area contributed by atoms with Crippen LogP contribution >= 0.6 is 0 Å². The standard InChI is InChI=1S/C17H25N3O/c1-2-8-16(15(18)21)13-17(16,14-6-4-3-5-7-14)20-11-9-19-10-12-20/h3-7,19H,2,8-13H2,1H3,(H2,18,21). The van der Waals surface area contributed by atoms with Gasteiger partial charge in [0.25, 0.3) is 0 Å². The number of primary amides is 1. The molecule has 1 amide bonds. The molecule has 21 heavy (non-hydrogen) atoms. The van der Waals surface area contributed by atoms with Crippen LogP contribution in [0.1, 0.15) is 31.7 Å². The first-order valence-electron chi connectivity index (χ1n) is 7.98. The number of rotatable bonds is 5. The highest BCUT2D eigenvalue weighted by atomic mass is 16.1. The lowest BCUT2D eigenvalue weighted by atomic mass is 9.87. The van der Waals surface area contributed by atoms with Gasteiger partial charge in [0.2, 0.25) is 5.91 Å². The van der Waals surface area contributed by atoms with Gasteiger partial charge in [-0.3, -0.25) is 9.69 Å². The molecule has 1 aliphatic heterocycles. The summed E-state index contributed by atoms with van der Waals surface area (Å²) in [7, 11) is 0. The summed E-state index contributed by atoms with van der Waals surface area (Å²) in [6, 6.07) is 10.5. The molecule has 2 fully saturated rings. The van der Waals surface area contributed by atoms with Gasteiger partial charge in [-0.1, -0.05) is 43.7 Å². The number of amides is 1. The average molecular weight is 287 g/mol. The first-order chi connectivity index (χ1) is 10.2. The van der Waals surface area contributed by atoms with Gasteiger partial charge in [-0.25, -0.2) is 0 Å². The Morgan fingerprint density at radius 1 is 1.29 bits per heavy atom. The molecule has 2 aliphatic rings. The molecule has 1 aromatic carbocycles. The Balaban J connectivity index is 2.03. The summed E-state index contributed by atoms with van der Waals surface area (Å²) in [6.45, 7) is 6.06. The van der Waals surface area contributed by atoms with Gasteiger partial charge in [-0.15, -0.1) is 0 Å². The monoisotopic (exact) mass is 287 g/mol. The summed E-state index contributed by atoms with van der Waals surface area (Å²) in [5.74, 6) is -0.133. The fourth-order valence-electron chi connectivity index (χ4n) is 4.26. The number of carbonyl (C=O) groups excluding carboxylic acids is 1. The third-order valence-electron chi connectivity index (χ3n) is 5.28. The van der Waals surface area contributed by atoms with Crippen molar-refractivity contribution in [3.63, 3.8) is 0 Å². The molecule has 2 atom stereocenters. The van der Waals surface area contributed by atoms with E-state index in [1.165, 1.54) is 5.56 Å². The van der Waals surface area contributed by atoms with E-state index >= 15 is 0 Å². The third kappa shape index (κ3) is 2.09. The smallest absolute Gasteiger partial charge is 0.225 e. The van der Waals surface area contributed by atoms with Crippen LogP contribution in [-0.4, -0.2) is 37.0 Å². The Hall–Kier alpha value is -1.39. The average Bonchev–Trinajstić information content (AvgIpc) is 3.21. The highest BCUT2D eigenvalue weighted by Gasteiger charge is 2.73. The van der Waals surface area contributed by atoms with Gasteiger partial charge in [0.05, 0.1) is 11.0 Å². The highest BCUT2D eigenvalue weighted by molar-refractivity contribution is 5.87. The Bertz CT molecular complexity index is 512. The summed E-state index contributed by atoms with van der Waals surface area (Å²) in [5, 5.41) is 3.40. The maximum absolute atomic E-state index is 12.3. The highest BCUT2D eigenvalue weighted by Crippen LogP contribution is 2.68. The van der Waals surface area contributed by atoms with E-state index in [2.05, 4.69) is 41.4 Å². The molecule has 4 heteroatoms. The molecule has 3 N–H and O–H groups in total. The van der Waals surface area contributed by atoms with Crippen LogP contribution in [0.4, 0.5) is 0 Å². The molecule has 1 aliphatic carbocycles. The van der Waals surface area contributed by atoms with Crippen molar-refractivity contribution in [3.8, 4) is 0 Å². The van der Waals surface area contributed by atoms with E-state index in [-0.39, 0.29) is 16.9 Å². The fourth-order valence-corrected chi connectivity index (χ4v) is 4.26. The van der Waals surface area contributed by atoms with E-state index in [1.54, 1.807) is 0 Å². The maximum atomic E-state index is 12.3. The van der Waals surface area contributed by atoms with Crippen molar-refractivity contribution in [2.75, 3.05) is 26.2 Å². The zero-order valence-electron chi connectivity index (χ0n) is 12.8. The number of nitrogens with zero attached hydrogens (tertiary/aromatic N) is 1. The van der Waals surface area contributed by atoms with Crippen LogP contribution in [0.2, 0.25) is 0 Å².